The van der Waals surface area contributed by atoms with Crippen LogP contribution in [0.1, 0.15) is 35.3 Å². The van der Waals surface area contributed by atoms with E-state index in [0.29, 0.717) is 30.0 Å². The van der Waals surface area contributed by atoms with Crippen LogP contribution in [0.2, 0.25) is 25.7 Å². The van der Waals surface area contributed by atoms with Crippen molar-refractivity contribution in [3.8, 4) is 0 Å². The molecule has 0 aliphatic carbocycles. The van der Waals surface area contributed by atoms with E-state index in [1.54, 1.807) is 16.7 Å². The van der Waals surface area contributed by atoms with Gasteiger partial charge in [0.05, 0.1) is 17.3 Å². The molecule has 0 saturated carbocycles. The largest absolute Gasteiger partial charge is 0.464 e. The van der Waals surface area contributed by atoms with Gasteiger partial charge in [-0.15, -0.1) is 21.5 Å². The van der Waals surface area contributed by atoms with Crippen molar-refractivity contribution in [2.75, 3.05) is 31.8 Å². The maximum Gasteiger partial charge on any atom is 0.357 e. The molecule has 3 heterocycles. The predicted molar refractivity (Wildman–Crippen MR) is 167 cm³/mol. The Bertz CT molecular complexity index is 1530. The number of unbranched alkanes of at least 4 members (excludes halogenated alkanes) is 2. The number of carbonyl (C=O) groups is 1. The number of aliphatic hydroxyl groups is 1. The first kappa shape index (κ1) is 31.0. The Hall–Kier alpha value is -2.97. The zero-order valence-corrected chi connectivity index (χ0v) is 26.9. The van der Waals surface area contributed by atoms with Crippen LogP contribution in [0.4, 0.5) is 16.8 Å². The number of methoxy groups -OCH3 is 1. The quantitative estimate of drug-likeness (QED) is 0.106. The lowest BCUT2D eigenvalue weighted by Gasteiger charge is -2.20. The minimum atomic E-state index is -1.19. The number of fused-ring (bicyclic) bond motifs is 1. The number of aliphatic hydroxyl groups excluding tert-OH is 1. The number of esters is 1. The van der Waals surface area contributed by atoms with Crippen LogP contribution in [-0.4, -0.2) is 65.8 Å². The molecule has 0 amide bonds. The zero-order chi connectivity index (χ0) is 29.4. The molecule has 0 radical (unpaired) electrons. The third-order valence-corrected chi connectivity index (χ3v) is 10.0. The number of carbonyl (C=O) groups excluding carboxylic acids is 1. The number of aryl methyl sites for hydroxylation is 1. The van der Waals surface area contributed by atoms with Crippen LogP contribution in [0.5, 0.6) is 0 Å². The highest BCUT2D eigenvalue weighted by Crippen LogP contribution is 2.30. The zero-order valence-electron chi connectivity index (χ0n) is 24.3. The number of ether oxygens (including phenoxy) is 2. The lowest BCUT2D eigenvalue weighted by Crippen LogP contribution is -2.23. The van der Waals surface area contributed by atoms with Crippen molar-refractivity contribution < 1.29 is 19.4 Å². The number of anilines is 2. The molecule has 1 N–H and O–H groups in total. The fraction of sp³-hybridized carbons (Fsp3) is 0.464. The number of aromatic nitrogens is 4. The third-order valence-electron chi connectivity index (χ3n) is 6.39. The summed E-state index contributed by atoms with van der Waals surface area (Å²) in [5, 5.41) is 20.5. The van der Waals surface area contributed by atoms with Gasteiger partial charge in [-0.3, -0.25) is 4.57 Å². The van der Waals surface area contributed by atoms with Crippen LogP contribution in [0, 0.1) is 6.92 Å². The van der Waals surface area contributed by atoms with Gasteiger partial charge in [0.1, 0.15) is 6.73 Å². The van der Waals surface area contributed by atoms with Gasteiger partial charge >= 0.3 is 5.97 Å². The van der Waals surface area contributed by atoms with Crippen molar-refractivity contribution >= 4 is 63.7 Å². The number of nitrogens with zero attached hydrogens (tertiary/aromatic N) is 6. The summed E-state index contributed by atoms with van der Waals surface area (Å²) in [7, 11) is 0.149. The lowest BCUT2D eigenvalue weighted by molar-refractivity contribution is 0.0595. The lowest BCUT2D eigenvalue weighted by atomic mass is 10.2. The molecule has 0 aliphatic rings. The Morgan fingerprint density at radius 3 is 2.71 bits per heavy atom. The van der Waals surface area contributed by atoms with Crippen LogP contribution in [-0.2, 0) is 16.2 Å². The summed E-state index contributed by atoms with van der Waals surface area (Å²) < 4.78 is 14.1. The molecule has 13 heteroatoms. The molecular weight excluding hydrogens is 577 g/mol. The molecule has 4 rings (SSSR count). The van der Waals surface area contributed by atoms with Gasteiger partial charge in [-0.05, 0) is 56.0 Å². The van der Waals surface area contributed by atoms with Gasteiger partial charge in [-0.25, -0.2) is 9.78 Å². The van der Waals surface area contributed by atoms with Gasteiger partial charge in [-0.1, -0.05) is 43.1 Å². The van der Waals surface area contributed by atoms with Crippen LogP contribution < -0.4 is 9.70 Å². The number of thiazole rings is 2. The number of hydrogen-bond acceptors (Lipinski definition) is 11. The minimum Gasteiger partial charge on any atom is -0.464 e. The van der Waals surface area contributed by atoms with Crippen molar-refractivity contribution in [1.82, 2.24) is 19.7 Å². The van der Waals surface area contributed by atoms with Crippen molar-refractivity contribution in [3.05, 3.63) is 51.8 Å². The first-order valence-corrected chi connectivity index (χ1v) is 19.1. The summed E-state index contributed by atoms with van der Waals surface area (Å²) in [6.45, 7) is 10.9. The fourth-order valence-electron chi connectivity index (χ4n) is 4.02. The SMILES string of the molecule is COC(=O)c1csc(N(CCCCCO)c2cc(C)c(N=c3sc4ccccc4n3COCC[Si](C)(C)C)nn2)n1. The molecule has 0 saturated heterocycles. The summed E-state index contributed by atoms with van der Waals surface area (Å²) in [5.41, 5.74) is 2.19. The Morgan fingerprint density at radius 2 is 1.98 bits per heavy atom. The smallest absolute Gasteiger partial charge is 0.357 e. The number of para-hydroxylation sites is 1. The van der Waals surface area contributed by atoms with Crippen LogP contribution in [0.25, 0.3) is 10.2 Å². The first-order chi connectivity index (χ1) is 19.7. The molecular formula is C28H38N6O4S2Si. The summed E-state index contributed by atoms with van der Waals surface area (Å²) >= 11 is 2.94. The van der Waals surface area contributed by atoms with Crippen molar-refractivity contribution in [2.45, 2.75) is 58.6 Å². The van der Waals surface area contributed by atoms with E-state index in [0.717, 1.165) is 52.5 Å². The molecule has 0 atom stereocenters. The van der Waals surface area contributed by atoms with Crippen LogP contribution in [0.15, 0.2) is 40.7 Å². The van der Waals surface area contributed by atoms with Crippen molar-refractivity contribution in [2.24, 2.45) is 4.99 Å². The summed E-state index contributed by atoms with van der Waals surface area (Å²) in [6.07, 6.45) is 2.40. The van der Waals surface area contributed by atoms with E-state index in [2.05, 4.69) is 51.5 Å². The van der Waals surface area contributed by atoms with E-state index in [1.807, 2.05) is 30.0 Å². The number of benzene rings is 1. The number of rotatable bonds is 14. The molecule has 0 bridgehead atoms. The van der Waals surface area contributed by atoms with E-state index in [4.69, 9.17) is 14.5 Å². The average molecular weight is 615 g/mol. The fourth-order valence-corrected chi connectivity index (χ4v) is 6.62. The number of hydrogen-bond donors (Lipinski definition) is 1. The molecule has 4 aromatic rings. The molecule has 1 aromatic carbocycles. The maximum atomic E-state index is 12.0. The second kappa shape index (κ2) is 14.3. The summed E-state index contributed by atoms with van der Waals surface area (Å²) in [6, 6.07) is 11.3. The van der Waals surface area contributed by atoms with Crippen LogP contribution >= 0.6 is 22.7 Å². The molecule has 41 heavy (non-hydrogen) atoms. The van der Waals surface area contributed by atoms with E-state index in [1.165, 1.54) is 18.4 Å². The standard InChI is InChI=1S/C28H38N6O4S2Si/c1-20-17-24(33(13-9-6-10-14-35)27-29-21(18-39-27)26(36)37-2)31-32-25(20)30-28-34(19-38-15-16-41(3,4)5)22-11-7-8-12-23(22)40-28/h7-8,11-12,17-18,35H,6,9-10,13-16,19H2,1-5H3. The monoisotopic (exact) mass is 614 g/mol. The average Bonchev–Trinajstić information content (AvgIpc) is 3.56. The van der Waals surface area contributed by atoms with E-state index < -0.39 is 14.0 Å². The highest BCUT2D eigenvalue weighted by Gasteiger charge is 2.19. The molecule has 0 fully saturated rings. The van der Waals surface area contributed by atoms with Crippen molar-refractivity contribution in [1.29, 1.82) is 0 Å². The molecule has 3 aromatic heterocycles. The highest BCUT2D eigenvalue weighted by molar-refractivity contribution is 7.16. The van der Waals surface area contributed by atoms with Crippen LogP contribution in [0.3, 0.4) is 0 Å². The highest BCUT2D eigenvalue weighted by atomic mass is 32.1. The molecule has 0 aliphatic heterocycles. The normalized spacial score (nSPS) is 12.3. The van der Waals surface area contributed by atoms with Gasteiger partial charge < -0.3 is 19.5 Å². The Kier molecular flexibility index (Phi) is 10.8. The topological polar surface area (TPSA) is 115 Å². The van der Waals surface area contributed by atoms with Crippen molar-refractivity contribution in [3.63, 3.8) is 0 Å². The minimum absolute atomic E-state index is 0.153. The van der Waals surface area contributed by atoms with Gasteiger partial charge in [-0.2, -0.15) is 4.99 Å². The molecule has 0 spiro atoms. The first-order valence-electron chi connectivity index (χ1n) is 13.7. The predicted octanol–water partition coefficient (Wildman–Crippen LogP) is 5.89. The summed E-state index contributed by atoms with van der Waals surface area (Å²) in [5.74, 6) is 0.672. The maximum absolute atomic E-state index is 12.0. The Morgan fingerprint density at radius 1 is 1.17 bits per heavy atom. The van der Waals surface area contributed by atoms with E-state index in [-0.39, 0.29) is 12.3 Å². The molecule has 220 valence electrons. The van der Waals surface area contributed by atoms with E-state index >= 15 is 0 Å². The molecule has 10 nitrogen and oxygen atoms in total. The summed E-state index contributed by atoms with van der Waals surface area (Å²) in [4.78, 5) is 24.1. The van der Waals surface area contributed by atoms with Gasteiger partial charge in [0.2, 0.25) is 0 Å². The molecule has 0 unspecified atom stereocenters. The second-order valence-electron chi connectivity index (χ2n) is 10.9. The third kappa shape index (κ3) is 8.29. The van der Waals surface area contributed by atoms with Gasteiger partial charge in [0.25, 0.3) is 0 Å². The van der Waals surface area contributed by atoms with Gasteiger partial charge in [0, 0.05) is 33.2 Å². The second-order valence-corrected chi connectivity index (χ2v) is 18.4. The van der Waals surface area contributed by atoms with E-state index in [9.17, 15) is 9.90 Å². The Labute approximate surface area is 249 Å². The van der Waals surface area contributed by atoms with Gasteiger partial charge in [0.15, 0.2) is 27.3 Å². The Balaban J connectivity index is 1.64.